The molecule has 0 spiro atoms. The Hall–Kier alpha value is -1.44. The Balaban J connectivity index is 0.000000292. The first-order valence-electron chi connectivity index (χ1n) is 3.20. The monoisotopic (exact) mass is 154 g/mol. The fraction of sp³-hybridized carbons (Fsp3) is 0.667. The molecule has 0 aromatic rings. The van der Waals surface area contributed by atoms with Crippen LogP contribution in [-0.4, -0.2) is 18.5 Å². The number of carbonyl (C=O) groups excluding carboxylic acids is 1. The minimum absolute atomic E-state index is 0.250. The maximum absolute atomic E-state index is 8.58. The number of hydrogen-bond acceptors (Lipinski definition) is 4. The van der Waals surface area contributed by atoms with Gasteiger partial charge in [0.15, 0.2) is 5.54 Å². The van der Waals surface area contributed by atoms with E-state index in [0.29, 0.717) is 6.54 Å². The van der Waals surface area contributed by atoms with Crippen molar-refractivity contribution in [1.29, 1.82) is 5.26 Å². The number of nitriles is 1. The average molecular weight is 154 g/mol. The summed E-state index contributed by atoms with van der Waals surface area (Å²) in [5.74, 6) is 0. The van der Waals surface area contributed by atoms with Crippen molar-refractivity contribution >= 4 is 6.41 Å². The molecule has 0 saturated carbocycles. The van der Waals surface area contributed by atoms with E-state index in [9.17, 15) is 0 Å². The predicted octanol–water partition coefficient (Wildman–Crippen LogP) is 0.226. The number of amides is 1. The minimum Gasteiger partial charge on any atom is -0.372 e. The zero-order valence-corrected chi connectivity index (χ0v) is 6.32. The summed E-state index contributed by atoms with van der Waals surface area (Å²) in [6.07, 6.45) is 1.03. The van der Waals surface area contributed by atoms with Crippen LogP contribution in [0.15, 0.2) is 10.2 Å². The molecule has 0 fully saturated rings. The Bertz CT molecular complexity index is 195. The van der Waals surface area contributed by atoms with Crippen LogP contribution in [0.1, 0.15) is 13.3 Å². The van der Waals surface area contributed by atoms with Crippen LogP contribution >= 0.6 is 0 Å². The number of azo groups is 1. The zero-order chi connectivity index (χ0) is 8.74. The summed E-state index contributed by atoms with van der Waals surface area (Å²) in [7, 11) is 0. The topological polar surface area (TPSA) is 91.6 Å². The van der Waals surface area contributed by atoms with Crippen molar-refractivity contribution < 1.29 is 4.79 Å². The van der Waals surface area contributed by atoms with Crippen LogP contribution < -0.4 is 5.73 Å². The van der Waals surface area contributed by atoms with E-state index >= 15 is 0 Å². The van der Waals surface area contributed by atoms with E-state index in [2.05, 4.69) is 22.0 Å². The molecule has 0 saturated heterocycles. The normalized spacial score (nSPS) is 25.5. The third-order valence-electron chi connectivity index (χ3n) is 1.39. The highest BCUT2D eigenvalue weighted by Crippen LogP contribution is 2.23. The van der Waals surface area contributed by atoms with Gasteiger partial charge in [0.05, 0.1) is 6.07 Å². The van der Waals surface area contributed by atoms with Crippen molar-refractivity contribution in [3.05, 3.63) is 0 Å². The van der Waals surface area contributed by atoms with Crippen molar-refractivity contribution in [3.8, 4) is 6.07 Å². The lowest BCUT2D eigenvalue weighted by atomic mass is 9.98. The second-order valence-corrected chi connectivity index (χ2v) is 2.03. The Labute approximate surface area is 64.9 Å². The average Bonchev–Trinajstić information content (AvgIpc) is 1.90. The van der Waals surface area contributed by atoms with Gasteiger partial charge in [-0.1, -0.05) is 6.92 Å². The molecule has 0 aromatic heterocycles. The first-order valence-corrected chi connectivity index (χ1v) is 3.20. The Kier molecular flexibility index (Phi) is 3.81. The van der Waals surface area contributed by atoms with Gasteiger partial charge in [-0.05, 0) is 6.42 Å². The molecule has 11 heavy (non-hydrogen) atoms. The number of nitrogens with two attached hydrogens (primary N) is 1. The molecule has 5 nitrogen and oxygen atoms in total. The lowest BCUT2D eigenvalue weighted by Gasteiger charge is -2.22. The third-order valence-corrected chi connectivity index (χ3v) is 1.39. The number of rotatable bonds is 1. The van der Waals surface area contributed by atoms with Crippen LogP contribution in [0.5, 0.6) is 0 Å². The van der Waals surface area contributed by atoms with E-state index in [0.717, 1.165) is 6.42 Å². The van der Waals surface area contributed by atoms with E-state index in [-0.39, 0.29) is 6.41 Å². The van der Waals surface area contributed by atoms with Gasteiger partial charge in [0.1, 0.15) is 6.54 Å². The van der Waals surface area contributed by atoms with Gasteiger partial charge in [0.2, 0.25) is 6.41 Å². The highest BCUT2D eigenvalue weighted by molar-refractivity contribution is 5.42. The molecular weight excluding hydrogens is 144 g/mol. The zero-order valence-electron chi connectivity index (χ0n) is 6.32. The van der Waals surface area contributed by atoms with Crippen molar-refractivity contribution in [2.75, 3.05) is 6.54 Å². The quantitative estimate of drug-likeness (QED) is 0.547. The van der Waals surface area contributed by atoms with Gasteiger partial charge in [0, 0.05) is 0 Å². The third kappa shape index (κ3) is 2.34. The molecule has 60 valence electrons. The second-order valence-electron chi connectivity index (χ2n) is 2.03. The highest BCUT2D eigenvalue weighted by atomic mass is 16.1. The molecule has 1 heterocycles. The van der Waals surface area contributed by atoms with E-state index in [1.165, 1.54) is 0 Å². The number of hydrogen-bond donors (Lipinski definition) is 1. The maximum Gasteiger partial charge on any atom is 0.204 e. The lowest BCUT2D eigenvalue weighted by molar-refractivity contribution is -0.106. The van der Waals surface area contributed by atoms with Gasteiger partial charge in [-0.15, -0.1) is 0 Å². The largest absolute Gasteiger partial charge is 0.372 e. The van der Waals surface area contributed by atoms with Crippen molar-refractivity contribution in [2.45, 2.75) is 18.9 Å². The van der Waals surface area contributed by atoms with Crippen LogP contribution in [0.2, 0.25) is 0 Å². The van der Waals surface area contributed by atoms with E-state index < -0.39 is 5.54 Å². The first-order chi connectivity index (χ1) is 5.24. The summed E-state index contributed by atoms with van der Waals surface area (Å²) in [4.78, 5) is 8.58. The highest BCUT2D eigenvalue weighted by Gasteiger charge is 2.33. The van der Waals surface area contributed by atoms with Crippen LogP contribution in [-0.2, 0) is 4.79 Å². The molecule has 0 aromatic carbocycles. The molecule has 1 aliphatic rings. The van der Waals surface area contributed by atoms with E-state index in [1.54, 1.807) is 0 Å². The van der Waals surface area contributed by atoms with E-state index in [1.807, 2.05) is 6.92 Å². The number of carbonyl (C=O) groups is 1. The maximum atomic E-state index is 8.58. The number of primary amides is 1. The van der Waals surface area contributed by atoms with Gasteiger partial charge in [-0.3, -0.25) is 4.79 Å². The molecule has 0 bridgehead atoms. The smallest absolute Gasteiger partial charge is 0.204 e. The second kappa shape index (κ2) is 4.39. The van der Waals surface area contributed by atoms with Gasteiger partial charge in [-0.25, -0.2) is 0 Å². The summed E-state index contributed by atoms with van der Waals surface area (Å²) in [6.45, 7) is 2.54. The van der Waals surface area contributed by atoms with Crippen molar-refractivity contribution in [3.63, 3.8) is 0 Å². The van der Waals surface area contributed by atoms with Crippen LogP contribution in [0.3, 0.4) is 0 Å². The molecule has 1 unspecified atom stereocenters. The summed E-state index contributed by atoms with van der Waals surface area (Å²) < 4.78 is 0. The summed E-state index contributed by atoms with van der Waals surface area (Å²) in [5, 5.41) is 15.7. The molecule has 1 aliphatic heterocycles. The predicted molar refractivity (Wildman–Crippen MR) is 38.6 cm³/mol. The number of nitrogens with zero attached hydrogens (tertiary/aromatic N) is 3. The minimum atomic E-state index is -0.431. The van der Waals surface area contributed by atoms with Crippen LogP contribution in [0, 0.1) is 11.3 Å². The van der Waals surface area contributed by atoms with Gasteiger partial charge < -0.3 is 5.73 Å². The summed E-state index contributed by atoms with van der Waals surface area (Å²) >= 11 is 0. The fourth-order valence-corrected chi connectivity index (χ4v) is 0.561. The van der Waals surface area contributed by atoms with Gasteiger partial charge in [-0.2, -0.15) is 15.5 Å². The molecule has 1 rings (SSSR count). The SMILES string of the molecule is CCC1(C#N)CN=N1.NC=O. The lowest BCUT2D eigenvalue weighted by Crippen LogP contribution is -2.32. The molecule has 0 aliphatic carbocycles. The van der Waals surface area contributed by atoms with E-state index in [4.69, 9.17) is 10.1 Å². The molecular formula is C6H10N4O. The summed E-state index contributed by atoms with van der Waals surface area (Å²) in [6, 6.07) is 2.10. The Morgan fingerprint density at radius 3 is 2.36 bits per heavy atom. The van der Waals surface area contributed by atoms with Gasteiger partial charge >= 0.3 is 0 Å². The van der Waals surface area contributed by atoms with Gasteiger partial charge in [0.25, 0.3) is 0 Å². The molecule has 2 N–H and O–H groups in total. The Morgan fingerprint density at radius 1 is 1.91 bits per heavy atom. The van der Waals surface area contributed by atoms with Crippen LogP contribution in [0.25, 0.3) is 0 Å². The molecule has 1 amide bonds. The van der Waals surface area contributed by atoms with Crippen molar-refractivity contribution in [1.82, 2.24) is 0 Å². The Morgan fingerprint density at radius 2 is 2.36 bits per heavy atom. The van der Waals surface area contributed by atoms with Crippen LogP contribution in [0.4, 0.5) is 0 Å². The summed E-state index contributed by atoms with van der Waals surface area (Å²) in [5.41, 5.74) is 3.74. The fourth-order valence-electron chi connectivity index (χ4n) is 0.561. The molecule has 0 radical (unpaired) electrons. The molecule has 5 heteroatoms. The van der Waals surface area contributed by atoms with Crippen molar-refractivity contribution in [2.24, 2.45) is 16.0 Å². The molecule has 1 atom stereocenters. The standard InChI is InChI=1S/C5H7N3.CH3NO/c1-2-5(3-6)4-7-8-5;2-1-3/h2,4H2,1H3;1H,(H2,2,3). The first kappa shape index (κ1) is 9.56.